The Kier molecular flexibility index (Phi) is 5.21. The minimum absolute atomic E-state index is 0.0147. The summed E-state index contributed by atoms with van der Waals surface area (Å²) < 4.78 is 40.7. The van der Waals surface area contributed by atoms with Gasteiger partial charge in [0.15, 0.2) is 0 Å². The van der Waals surface area contributed by atoms with Crippen molar-refractivity contribution in [1.82, 2.24) is 5.32 Å². The van der Waals surface area contributed by atoms with Crippen LogP contribution < -0.4 is 5.32 Å². The highest BCUT2D eigenvalue weighted by Crippen LogP contribution is 2.29. The summed E-state index contributed by atoms with van der Waals surface area (Å²) in [6, 6.07) is 3.71. The van der Waals surface area contributed by atoms with Gasteiger partial charge in [-0.25, -0.2) is 0 Å². The van der Waals surface area contributed by atoms with Gasteiger partial charge in [-0.1, -0.05) is 6.92 Å². The molecule has 0 saturated heterocycles. The quantitative estimate of drug-likeness (QED) is 0.788. The largest absolute Gasteiger partial charge is 0.465 e. The van der Waals surface area contributed by atoms with Crippen LogP contribution in [0.1, 0.15) is 18.4 Å². The van der Waals surface area contributed by atoms with E-state index < -0.39 is 5.51 Å². The number of hydrogen-bond acceptors (Lipinski definition) is 3. The van der Waals surface area contributed by atoms with Crippen molar-refractivity contribution in [2.24, 2.45) is 0 Å². The van der Waals surface area contributed by atoms with Crippen LogP contribution in [-0.4, -0.2) is 17.8 Å². The second-order valence-corrected chi connectivity index (χ2v) is 4.35. The zero-order chi connectivity index (χ0) is 12.0. The van der Waals surface area contributed by atoms with Crippen molar-refractivity contribution in [2.75, 3.05) is 12.3 Å². The molecule has 1 aromatic heterocycles. The lowest BCUT2D eigenvalue weighted by Crippen LogP contribution is -2.18. The molecule has 92 valence electrons. The standard InChI is InChI=1S/C10H14F3NOS/c1-2-8-3-4-9(15-8)7-14-5-6-16-10(11,12)13/h3-4,14H,2,5-7H2,1H3. The van der Waals surface area contributed by atoms with Gasteiger partial charge in [0.25, 0.3) is 0 Å². The summed E-state index contributed by atoms with van der Waals surface area (Å²) in [6.07, 6.45) is 0.823. The minimum Gasteiger partial charge on any atom is -0.465 e. The molecule has 0 saturated carbocycles. The highest BCUT2D eigenvalue weighted by atomic mass is 32.2. The van der Waals surface area contributed by atoms with Crippen LogP contribution >= 0.6 is 11.8 Å². The third-order valence-electron chi connectivity index (χ3n) is 1.91. The van der Waals surface area contributed by atoms with Gasteiger partial charge >= 0.3 is 5.51 Å². The van der Waals surface area contributed by atoms with E-state index in [0.717, 1.165) is 17.9 Å². The number of aryl methyl sites for hydroxylation is 1. The van der Waals surface area contributed by atoms with Crippen LogP contribution in [0.2, 0.25) is 0 Å². The summed E-state index contributed by atoms with van der Waals surface area (Å²) in [7, 11) is 0. The number of alkyl halides is 3. The molecular weight excluding hydrogens is 239 g/mol. The fourth-order valence-corrected chi connectivity index (χ4v) is 1.64. The van der Waals surface area contributed by atoms with Crippen molar-refractivity contribution in [3.8, 4) is 0 Å². The smallest absolute Gasteiger partial charge is 0.441 e. The number of rotatable bonds is 6. The Bertz CT molecular complexity index is 311. The Hall–Kier alpha value is -0.620. The molecule has 0 aliphatic carbocycles. The summed E-state index contributed by atoms with van der Waals surface area (Å²) >= 11 is -0.0147. The molecule has 1 aromatic rings. The molecule has 0 aliphatic heterocycles. The normalized spacial score (nSPS) is 12.0. The molecule has 1 heterocycles. The molecule has 6 heteroatoms. The van der Waals surface area contributed by atoms with Gasteiger partial charge in [-0.2, -0.15) is 13.2 Å². The highest BCUT2D eigenvalue weighted by Gasteiger charge is 2.27. The molecular formula is C10H14F3NOS. The van der Waals surface area contributed by atoms with Crippen LogP contribution in [0.3, 0.4) is 0 Å². The first-order chi connectivity index (χ1) is 7.51. The van der Waals surface area contributed by atoms with Crippen LogP contribution in [0.15, 0.2) is 16.5 Å². The van der Waals surface area contributed by atoms with Gasteiger partial charge in [0.05, 0.1) is 6.54 Å². The van der Waals surface area contributed by atoms with Gasteiger partial charge in [0.1, 0.15) is 11.5 Å². The fourth-order valence-electron chi connectivity index (χ4n) is 1.16. The number of hydrogen-bond donors (Lipinski definition) is 1. The monoisotopic (exact) mass is 253 g/mol. The van der Waals surface area contributed by atoms with Crippen LogP contribution in [0.5, 0.6) is 0 Å². The zero-order valence-electron chi connectivity index (χ0n) is 8.93. The molecule has 0 fully saturated rings. The maximum absolute atomic E-state index is 11.8. The second-order valence-electron chi connectivity index (χ2n) is 3.19. The van der Waals surface area contributed by atoms with E-state index in [0.29, 0.717) is 13.1 Å². The first-order valence-corrected chi connectivity index (χ1v) is 5.99. The van der Waals surface area contributed by atoms with E-state index in [1.54, 1.807) is 0 Å². The molecule has 0 aromatic carbocycles. The van der Waals surface area contributed by atoms with Gasteiger partial charge in [-0.15, -0.1) is 0 Å². The van der Waals surface area contributed by atoms with E-state index in [-0.39, 0.29) is 17.5 Å². The molecule has 0 atom stereocenters. The molecule has 0 unspecified atom stereocenters. The molecule has 1 rings (SSSR count). The van der Waals surface area contributed by atoms with E-state index in [1.165, 1.54) is 0 Å². The Morgan fingerprint density at radius 1 is 1.31 bits per heavy atom. The first kappa shape index (κ1) is 13.4. The van der Waals surface area contributed by atoms with Gasteiger partial charge in [0.2, 0.25) is 0 Å². The molecule has 16 heavy (non-hydrogen) atoms. The Labute approximate surface area is 96.6 Å². The third-order valence-corrected chi connectivity index (χ3v) is 2.65. The molecule has 0 radical (unpaired) electrons. The van der Waals surface area contributed by atoms with Crippen LogP contribution in [-0.2, 0) is 13.0 Å². The zero-order valence-corrected chi connectivity index (χ0v) is 9.75. The topological polar surface area (TPSA) is 25.2 Å². The molecule has 2 nitrogen and oxygen atoms in total. The summed E-state index contributed by atoms with van der Waals surface area (Å²) in [4.78, 5) is 0. The van der Waals surface area contributed by atoms with E-state index >= 15 is 0 Å². The van der Waals surface area contributed by atoms with Crippen molar-refractivity contribution in [3.63, 3.8) is 0 Å². The average molecular weight is 253 g/mol. The Morgan fingerprint density at radius 3 is 2.56 bits per heavy atom. The SMILES string of the molecule is CCc1ccc(CNCCSC(F)(F)F)o1. The van der Waals surface area contributed by atoms with Gasteiger partial charge in [-0.3, -0.25) is 0 Å². The molecule has 0 amide bonds. The molecule has 1 N–H and O–H groups in total. The van der Waals surface area contributed by atoms with E-state index in [2.05, 4.69) is 5.32 Å². The van der Waals surface area contributed by atoms with Crippen molar-refractivity contribution >= 4 is 11.8 Å². The highest BCUT2D eigenvalue weighted by molar-refractivity contribution is 8.00. The van der Waals surface area contributed by atoms with E-state index in [1.807, 2.05) is 19.1 Å². The predicted octanol–water partition coefficient (Wildman–Crippen LogP) is 3.18. The number of thioether (sulfide) groups is 1. The Balaban J connectivity index is 2.11. The first-order valence-electron chi connectivity index (χ1n) is 5.00. The number of halogens is 3. The van der Waals surface area contributed by atoms with Gasteiger partial charge in [-0.05, 0) is 23.9 Å². The number of furan rings is 1. The van der Waals surface area contributed by atoms with E-state index in [9.17, 15) is 13.2 Å². The van der Waals surface area contributed by atoms with Crippen LogP contribution in [0.25, 0.3) is 0 Å². The third kappa shape index (κ3) is 5.46. The summed E-state index contributed by atoms with van der Waals surface area (Å²) in [5.74, 6) is 1.67. The number of nitrogens with one attached hydrogen (secondary N) is 1. The van der Waals surface area contributed by atoms with Gasteiger partial charge < -0.3 is 9.73 Å². The van der Waals surface area contributed by atoms with Crippen LogP contribution in [0, 0.1) is 0 Å². The summed E-state index contributed by atoms with van der Waals surface area (Å²) in [5.41, 5.74) is -4.14. The minimum atomic E-state index is -4.14. The molecule has 0 bridgehead atoms. The van der Waals surface area contributed by atoms with Crippen LogP contribution in [0.4, 0.5) is 13.2 Å². The second kappa shape index (κ2) is 6.20. The molecule has 0 aliphatic rings. The maximum Gasteiger partial charge on any atom is 0.441 e. The van der Waals surface area contributed by atoms with Crippen molar-refractivity contribution in [1.29, 1.82) is 0 Å². The summed E-state index contributed by atoms with van der Waals surface area (Å²) in [6.45, 7) is 2.76. The predicted molar refractivity (Wildman–Crippen MR) is 58.3 cm³/mol. The summed E-state index contributed by atoms with van der Waals surface area (Å²) in [5, 5.41) is 2.90. The Morgan fingerprint density at radius 2 is 2.00 bits per heavy atom. The van der Waals surface area contributed by atoms with Crippen molar-refractivity contribution in [3.05, 3.63) is 23.7 Å². The lowest BCUT2D eigenvalue weighted by Gasteiger charge is -2.05. The average Bonchev–Trinajstić information content (AvgIpc) is 2.63. The molecule has 0 spiro atoms. The van der Waals surface area contributed by atoms with Crippen molar-refractivity contribution < 1.29 is 17.6 Å². The lowest BCUT2D eigenvalue weighted by molar-refractivity contribution is -0.0327. The maximum atomic E-state index is 11.8. The fraction of sp³-hybridized carbons (Fsp3) is 0.600. The lowest BCUT2D eigenvalue weighted by atomic mass is 10.3. The van der Waals surface area contributed by atoms with Gasteiger partial charge in [0, 0.05) is 18.7 Å². The van der Waals surface area contributed by atoms with E-state index in [4.69, 9.17) is 4.42 Å². The van der Waals surface area contributed by atoms with Crippen molar-refractivity contribution in [2.45, 2.75) is 25.4 Å².